The first kappa shape index (κ1) is 74.3. The van der Waals surface area contributed by atoms with E-state index in [-0.39, 0.29) is 39.3 Å². The smallest absolute Gasteiger partial charge is 0.243 e. The number of fused-ring (bicyclic) bond motifs is 3. The molecule has 3 saturated heterocycles. The number of ketones is 3. The molecule has 3 N–H and O–H groups in total. The van der Waals surface area contributed by atoms with Gasteiger partial charge in [0.05, 0.1) is 5.56 Å². The highest BCUT2D eigenvalue weighted by Gasteiger charge is 2.36. The van der Waals surface area contributed by atoms with Crippen LogP contribution in [-0.2, 0) is 19.3 Å². The molecule has 12 nitrogen and oxygen atoms in total. The van der Waals surface area contributed by atoms with Crippen LogP contribution in [0.3, 0.4) is 0 Å². The Labute approximate surface area is 617 Å². The van der Waals surface area contributed by atoms with Gasteiger partial charge in [0.1, 0.15) is 60.8 Å². The highest BCUT2D eigenvalue weighted by Crippen LogP contribution is 2.47. The van der Waals surface area contributed by atoms with E-state index in [9.17, 15) is 64.8 Å². The Morgan fingerprint density at radius 2 is 0.764 bits per heavy atom. The lowest BCUT2D eigenvalue weighted by Gasteiger charge is -2.38. The Kier molecular flexibility index (Phi) is 23.0. The van der Waals surface area contributed by atoms with E-state index in [4.69, 9.17) is 14.2 Å². The van der Waals surface area contributed by atoms with Crippen LogP contribution in [0.5, 0.6) is 51.7 Å². The number of hydrogen-bond donors (Lipinski definition) is 3. The van der Waals surface area contributed by atoms with Gasteiger partial charge in [-0.25, -0.2) is 35.1 Å². The molecule has 23 heteroatoms. The summed E-state index contributed by atoms with van der Waals surface area (Å²) in [6.45, 7) is 8.73. The van der Waals surface area contributed by atoms with Crippen molar-refractivity contribution in [1.82, 2.24) is 14.7 Å². The molecule has 0 spiro atoms. The lowest BCUT2D eigenvalue weighted by Crippen LogP contribution is -2.50. The van der Waals surface area contributed by atoms with Gasteiger partial charge in [0.25, 0.3) is 0 Å². The largest absolute Gasteiger partial charge is 0.508 e. The van der Waals surface area contributed by atoms with Crippen molar-refractivity contribution < 1.29 is 79.0 Å². The van der Waals surface area contributed by atoms with Gasteiger partial charge in [-0.15, -0.1) is 34.0 Å². The van der Waals surface area contributed by atoms with Crippen molar-refractivity contribution in [2.45, 2.75) is 52.4 Å². The minimum Gasteiger partial charge on any atom is -0.508 e. The van der Waals surface area contributed by atoms with Crippen LogP contribution >= 0.6 is 34.0 Å². The first-order valence-electron chi connectivity index (χ1n) is 34.3. The van der Waals surface area contributed by atoms with E-state index in [0.29, 0.717) is 121 Å². The lowest BCUT2D eigenvalue weighted by molar-refractivity contribution is -0.0235. The Morgan fingerprint density at radius 1 is 0.415 bits per heavy atom. The van der Waals surface area contributed by atoms with E-state index in [1.165, 1.54) is 77.3 Å². The summed E-state index contributed by atoms with van der Waals surface area (Å²) in [5, 5.41) is 31.8. The van der Waals surface area contributed by atoms with Crippen LogP contribution in [0.2, 0.25) is 0 Å². The summed E-state index contributed by atoms with van der Waals surface area (Å²) >= 11 is 3.64. The number of aryl methyl sites for hydroxylation is 2. The molecule has 9 aromatic carbocycles. The molecular formula is C83H71F8N3O9S3. The van der Waals surface area contributed by atoms with Gasteiger partial charge in [-0.1, -0.05) is 72.3 Å². The SMILES string of the molecule is Cc1ccc(C(=O)c2sc3cc(O)ccc3c2Oc2ccc(CCN3CC(C(F)F)C3)cc2)c(C)c1.O=C(c1ccc(F)cc1)c1sc2cc(O)ccc2c1Oc1ccc(CCN2CC(C(F)F)C2)cc1.O=C(c1ccccc1F)c1sc2cc(O)ccc2c1Oc1ccc(CCN2CC(C(F)F)C2)cc1. The molecule has 106 heavy (non-hydrogen) atoms. The van der Waals surface area contributed by atoms with Crippen molar-refractivity contribution in [3.8, 4) is 51.7 Å². The Morgan fingerprint density at radius 3 is 1.11 bits per heavy atom. The molecule has 0 amide bonds. The molecule has 0 aliphatic carbocycles. The fraction of sp³-hybridized carbons (Fsp3) is 0.241. The van der Waals surface area contributed by atoms with Crippen molar-refractivity contribution in [3.05, 3.63) is 265 Å². The van der Waals surface area contributed by atoms with E-state index < -0.39 is 54.4 Å². The Bertz CT molecular complexity index is 5130. The van der Waals surface area contributed by atoms with Gasteiger partial charge in [-0.05, 0) is 183 Å². The topological polar surface area (TPSA) is 149 Å². The third-order valence-corrected chi connectivity index (χ3v) is 22.4. The molecule has 3 fully saturated rings. The third kappa shape index (κ3) is 17.4. The minimum atomic E-state index is -2.25. The molecule has 0 atom stereocenters. The number of nitrogens with zero attached hydrogens (tertiary/aromatic N) is 3. The zero-order valence-corrected chi connectivity index (χ0v) is 59.8. The van der Waals surface area contributed by atoms with Gasteiger partial charge in [-0.2, -0.15) is 0 Å². The van der Waals surface area contributed by atoms with Crippen LogP contribution in [0.25, 0.3) is 30.3 Å². The van der Waals surface area contributed by atoms with Crippen LogP contribution in [0.15, 0.2) is 194 Å². The summed E-state index contributed by atoms with van der Waals surface area (Å²) in [5.41, 5.74) is 6.08. The number of halogens is 8. The number of aromatic hydroxyl groups is 3. The van der Waals surface area contributed by atoms with Gasteiger partial charge in [0.2, 0.25) is 36.6 Å². The van der Waals surface area contributed by atoms with Crippen molar-refractivity contribution in [3.63, 3.8) is 0 Å². The molecule has 0 unspecified atom stereocenters. The second-order valence-electron chi connectivity index (χ2n) is 26.7. The van der Waals surface area contributed by atoms with Crippen molar-refractivity contribution in [1.29, 1.82) is 0 Å². The van der Waals surface area contributed by atoms with Crippen LogP contribution in [0.4, 0.5) is 35.1 Å². The van der Waals surface area contributed by atoms with Gasteiger partial charge in [-0.3, -0.25) is 14.4 Å². The predicted octanol–water partition coefficient (Wildman–Crippen LogP) is 20.0. The first-order valence-corrected chi connectivity index (χ1v) is 36.8. The summed E-state index contributed by atoms with van der Waals surface area (Å²) in [6.07, 6.45) is -4.50. The standard InChI is InChI=1S/C29H27F2NO3S.2C27H22F3NO3S/c1-17-3-9-23(18(2)13-17)26(34)28-27(24-10-6-21(33)14-25(24)36-28)35-22-7-4-19(5-8-22)11-12-32-15-20(16-32)29(30)31;28-19-5-3-17(4-6-19)24(33)26-25(22-10-7-20(32)13-23(22)35-26)34-21-8-1-16(2-9-21)11-12-31-14-18(15-31)27(29)30;28-22-4-2-1-3-20(22)24(33)26-25(21-10-7-18(32)13-23(21)35-26)34-19-8-5-16(6-9-19)11-12-31-14-17(15-31)27(29)30/h3-10,13-14,20,29,33H,11-12,15-16H2,1-2H3;1-10,13,18,27,32H,11-12,14-15H2;1-10,13,17,27,32H,11-12,14-15H2. The number of thiophene rings is 3. The summed E-state index contributed by atoms with van der Waals surface area (Å²) in [7, 11) is 0. The second kappa shape index (κ2) is 32.8. The third-order valence-electron chi connectivity index (χ3n) is 19.0. The minimum absolute atomic E-state index is 0.0523. The predicted molar refractivity (Wildman–Crippen MR) is 398 cm³/mol. The number of carbonyl (C=O) groups is 3. The highest BCUT2D eigenvalue weighted by atomic mass is 32.1. The summed E-state index contributed by atoms with van der Waals surface area (Å²) in [5.74, 6) is -0.397. The van der Waals surface area contributed by atoms with Gasteiger partial charge in [0, 0.05) is 118 Å². The average molecular weight is 1500 g/mol. The zero-order valence-electron chi connectivity index (χ0n) is 57.3. The van der Waals surface area contributed by atoms with E-state index in [1.807, 2.05) is 107 Å². The van der Waals surface area contributed by atoms with Crippen molar-refractivity contribution in [2.75, 3.05) is 58.9 Å². The molecule has 546 valence electrons. The van der Waals surface area contributed by atoms with Crippen LogP contribution in [0.1, 0.15) is 73.5 Å². The number of carbonyl (C=O) groups excluding carboxylic acids is 3. The summed E-state index contributed by atoms with van der Waals surface area (Å²) < 4.78 is 124. The number of ether oxygens (including phenoxy) is 3. The highest BCUT2D eigenvalue weighted by molar-refractivity contribution is 7.22. The molecule has 3 aliphatic rings. The lowest BCUT2D eigenvalue weighted by atomic mass is 10.00. The van der Waals surface area contributed by atoms with E-state index in [0.717, 1.165) is 81.6 Å². The molecule has 15 rings (SSSR count). The van der Waals surface area contributed by atoms with E-state index in [1.54, 1.807) is 60.7 Å². The van der Waals surface area contributed by atoms with Crippen LogP contribution in [-0.4, -0.2) is 126 Å². The maximum absolute atomic E-state index is 14.3. The second-order valence-corrected chi connectivity index (χ2v) is 29.8. The maximum Gasteiger partial charge on any atom is 0.243 e. The van der Waals surface area contributed by atoms with Crippen molar-refractivity contribution in [2.24, 2.45) is 17.8 Å². The van der Waals surface area contributed by atoms with Gasteiger partial charge >= 0.3 is 0 Å². The molecule has 0 bridgehead atoms. The number of benzene rings is 9. The molecule has 6 heterocycles. The average Bonchev–Trinajstić information content (AvgIpc) is 1.63. The molecule has 3 aliphatic heterocycles. The molecular weight excluding hydrogens is 1430 g/mol. The molecule has 3 aromatic heterocycles. The number of likely N-dealkylation sites (tertiary alicyclic amines) is 3. The molecule has 0 radical (unpaired) electrons. The fourth-order valence-electron chi connectivity index (χ4n) is 12.9. The normalized spacial score (nSPS) is 14.4. The number of hydrogen-bond acceptors (Lipinski definition) is 15. The zero-order chi connectivity index (χ0) is 74.4. The molecule has 12 aromatic rings. The number of alkyl halides is 6. The van der Waals surface area contributed by atoms with Gasteiger partial charge < -0.3 is 44.2 Å². The molecule has 0 saturated carbocycles. The van der Waals surface area contributed by atoms with E-state index >= 15 is 0 Å². The maximum atomic E-state index is 14.3. The summed E-state index contributed by atoms with van der Waals surface area (Å²) in [4.78, 5) is 47.1. The fourth-order valence-corrected chi connectivity index (χ4v) is 16.2. The summed E-state index contributed by atoms with van der Waals surface area (Å²) in [6, 6.07) is 53.9. The van der Waals surface area contributed by atoms with Crippen LogP contribution in [0, 0.1) is 43.2 Å². The monoisotopic (exact) mass is 1500 g/mol. The Balaban J connectivity index is 0.000000141. The first-order chi connectivity index (χ1) is 51.0. The van der Waals surface area contributed by atoms with E-state index in [2.05, 4.69) is 0 Å². The number of phenolic OH excluding ortho intramolecular Hbond substituents is 3. The quantitative estimate of drug-likeness (QED) is 0.0390. The van der Waals surface area contributed by atoms with Gasteiger partial charge in [0.15, 0.2) is 17.2 Å². The van der Waals surface area contributed by atoms with Crippen LogP contribution < -0.4 is 14.2 Å². The van der Waals surface area contributed by atoms with Crippen molar-refractivity contribution >= 4 is 81.6 Å². The number of rotatable bonds is 24. The number of phenols is 3. The Hall–Kier alpha value is -10.0.